The van der Waals surface area contributed by atoms with Crippen molar-refractivity contribution >= 4 is 5.69 Å². The van der Waals surface area contributed by atoms with E-state index in [-0.39, 0.29) is 23.0 Å². The molecule has 20 heavy (non-hydrogen) atoms. The predicted octanol–water partition coefficient (Wildman–Crippen LogP) is 3.26. The average molecular weight is 273 g/mol. The fourth-order valence-corrected chi connectivity index (χ4v) is 1.75. The van der Waals surface area contributed by atoms with Gasteiger partial charge >= 0.3 is 0 Å². The summed E-state index contributed by atoms with van der Waals surface area (Å²) in [6, 6.07) is 10.2. The molecule has 0 aliphatic carbocycles. The molecule has 0 radical (unpaired) electrons. The van der Waals surface area contributed by atoms with Crippen molar-refractivity contribution in [2.75, 3.05) is 5.73 Å². The lowest BCUT2D eigenvalue weighted by Crippen LogP contribution is -1.90. The third-order valence-electron chi connectivity index (χ3n) is 2.79. The van der Waals surface area contributed by atoms with Gasteiger partial charge in [-0.05, 0) is 30.3 Å². The number of anilines is 1. The van der Waals surface area contributed by atoms with Gasteiger partial charge in [0.05, 0.1) is 11.3 Å². The van der Waals surface area contributed by atoms with Crippen LogP contribution in [0.25, 0.3) is 22.8 Å². The van der Waals surface area contributed by atoms with Crippen LogP contribution in [0.1, 0.15) is 0 Å². The van der Waals surface area contributed by atoms with Gasteiger partial charge in [0.15, 0.2) is 0 Å². The van der Waals surface area contributed by atoms with Crippen LogP contribution in [-0.4, -0.2) is 10.1 Å². The Morgan fingerprint density at radius 1 is 1.00 bits per heavy atom. The summed E-state index contributed by atoms with van der Waals surface area (Å²) in [7, 11) is 0. The van der Waals surface area contributed by atoms with E-state index in [9.17, 15) is 8.78 Å². The van der Waals surface area contributed by atoms with Gasteiger partial charge < -0.3 is 10.3 Å². The van der Waals surface area contributed by atoms with Gasteiger partial charge in [-0.25, -0.2) is 8.78 Å². The molecule has 0 fully saturated rings. The Morgan fingerprint density at radius 3 is 2.55 bits per heavy atom. The molecule has 0 saturated carbocycles. The number of nitrogens with two attached hydrogens (primary N) is 1. The number of benzene rings is 2. The van der Waals surface area contributed by atoms with Gasteiger partial charge in [-0.2, -0.15) is 4.98 Å². The van der Waals surface area contributed by atoms with E-state index in [2.05, 4.69) is 10.1 Å². The van der Waals surface area contributed by atoms with E-state index in [1.54, 1.807) is 18.2 Å². The minimum Gasteiger partial charge on any atom is -0.396 e. The van der Waals surface area contributed by atoms with Crippen molar-refractivity contribution in [2.24, 2.45) is 0 Å². The van der Waals surface area contributed by atoms with E-state index in [0.717, 1.165) is 0 Å². The Labute approximate surface area is 112 Å². The number of hydrogen-bond donors (Lipinski definition) is 1. The van der Waals surface area contributed by atoms with Crippen molar-refractivity contribution in [2.45, 2.75) is 0 Å². The van der Waals surface area contributed by atoms with Gasteiger partial charge in [-0.3, -0.25) is 0 Å². The fourth-order valence-electron chi connectivity index (χ4n) is 1.75. The highest BCUT2D eigenvalue weighted by molar-refractivity contribution is 5.62. The second-order valence-electron chi connectivity index (χ2n) is 4.14. The minimum absolute atomic E-state index is 0.0302. The SMILES string of the molecule is Nc1ccc(-c2nc(-c3ccccc3F)no2)cc1F. The van der Waals surface area contributed by atoms with Crippen LogP contribution in [-0.2, 0) is 0 Å². The van der Waals surface area contributed by atoms with Gasteiger partial charge in [0.1, 0.15) is 11.6 Å². The first kappa shape index (κ1) is 12.3. The predicted molar refractivity (Wildman–Crippen MR) is 69.5 cm³/mol. The van der Waals surface area contributed by atoms with Gasteiger partial charge in [0, 0.05) is 5.56 Å². The van der Waals surface area contributed by atoms with E-state index in [1.807, 2.05) is 0 Å². The first-order valence-electron chi connectivity index (χ1n) is 5.79. The molecule has 1 heterocycles. The molecule has 3 aromatic rings. The number of halogens is 2. The maximum absolute atomic E-state index is 13.6. The molecule has 0 atom stereocenters. The highest BCUT2D eigenvalue weighted by atomic mass is 19.1. The normalized spacial score (nSPS) is 10.7. The molecular weight excluding hydrogens is 264 g/mol. The Hall–Kier alpha value is -2.76. The van der Waals surface area contributed by atoms with Crippen LogP contribution in [0, 0.1) is 11.6 Å². The summed E-state index contributed by atoms with van der Waals surface area (Å²) in [5.41, 5.74) is 6.02. The molecule has 0 bridgehead atoms. The Morgan fingerprint density at radius 2 is 1.80 bits per heavy atom. The molecule has 100 valence electrons. The first-order valence-corrected chi connectivity index (χ1v) is 5.79. The van der Waals surface area contributed by atoms with E-state index in [1.165, 1.54) is 24.3 Å². The van der Waals surface area contributed by atoms with E-state index >= 15 is 0 Å². The third-order valence-corrected chi connectivity index (χ3v) is 2.79. The molecule has 1 aromatic heterocycles. The first-order chi connectivity index (χ1) is 9.65. The summed E-state index contributed by atoms with van der Waals surface area (Å²) >= 11 is 0. The van der Waals surface area contributed by atoms with E-state index < -0.39 is 11.6 Å². The summed E-state index contributed by atoms with van der Waals surface area (Å²) in [5, 5.41) is 3.70. The second kappa shape index (κ2) is 4.73. The number of nitrogens with zero attached hydrogens (tertiary/aromatic N) is 2. The second-order valence-corrected chi connectivity index (χ2v) is 4.14. The molecule has 4 nitrogen and oxygen atoms in total. The molecule has 2 N–H and O–H groups in total. The van der Waals surface area contributed by atoms with Gasteiger partial charge in [-0.15, -0.1) is 0 Å². The lowest BCUT2D eigenvalue weighted by atomic mass is 10.2. The molecule has 3 rings (SSSR count). The summed E-state index contributed by atoms with van der Waals surface area (Å²) in [5.74, 6) is -0.825. The van der Waals surface area contributed by atoms with Gasteiger partial charge in [-0.1, -0.05) is 17.3 Å². The van der Waals surface area contributed by atoms with E-state index in [4.69, 9.17) is 10.3 Å². The molecule has 2 aromatic carbocycles. The zero-order chi connectivity index (χ0) is 14.1. The summed E-state index contributed by atoms with van der Waals surface area (Å²) in [4.78, 5) is 4.06. The maximum atomic E-state index is 13.6. The van der Waals surface area contributed by atoms with Crippen LogP contribution in [0.3, 0.4) is 0 Å². The summed E-state index contributed by atoms with van der Waals surface area (Å²) in [6.45, 7) is 0. The standard InChI is InChI=1S/C14H9F2N3O/c15-10-4-2-1-3-9(10)13-18-14(20-19-13)8-5-6-12(17)11(16)7-8/h1-7H,17H2. The molecule has 0 aliphatic rings. The fraction of sp³-hybridized carbons (Fsp3) is 0. The van der Waals surface area contributed by atoms with Crippen molar-refractivity contribution in [1.29, 1.82) is 0 Å². The monoisotopic (exact) mass is 273 g/mol. The van der Waals surface area contributed by atoms with Crippen LogP contribution >= 0.6 is 0 Å². The Balaban J connectivity index is 2.02. The number of rotatable bonds is 2. The lowest BCUT2D eigenvalue weighted by molar-refractivity contribution is 0.431. The molecular formula is C14H9F2N3O. The van der Waals surface area contributed by atoms with Crippen molar-refractivity contribution < 1.29 is 13.3 Å². The highest BCUT2D eigenvalue weighted by Gasteiger charge is 2.14. The maximum Gasteiger partial charge on any atom is 0.258 e. The lowest BCUT2D eigenvalue weighted by Gasteiger charge is -1.97. The topological polar surface area (TPSA) is 64.9 Å². The van der Waals surface area contributed by atoms with Crippen LogP contribution in [0.5, 0.6) is 0 Å². The van der Waals surface area contributed by atoms with Crippen LogP contribution < -0.4 is 5.73 Å². The zero-order valence-electron chi connectivity index (χ0n) is 10.2. The molecule has 0 spiro atoms. The average Bonchev–Trinajstić information content (AvgIpc) is 2.92. The Bertz CT molecular complexity index is 771. The molecule has 0 unspecified atom stereocenters. The van der Waals surface area contributed by atoms with Crippen molar-refractivity contribution in [3.8, 4) is 22.8 Å². The van der Waals surface area contributed by atoms with Gasteiger partial charge in [0.2, 0.25) is 5.82 Å². The molecule has 6 heteroatoms. The van der Waals surface area contributed by atoms with Gasteiger partial charge in [0.25, 0.3) is 5.89 Å². The van der Waals surface area contributed by atoms with Crippen molar-refractivity contribution in [1.82, 2.24) is 10.1 Å². The zero-order valence-corrected chi connectivity index (χ0v) is 10.2. The third kappa shape index (κ3) is 2.11. The van der Waals surface area contributed by atoms with Crippen LogP contribution in [0.2, 0.25) is 0 Å². The van der Waals surface area contributed by atoms with E-state index in [0.29, 0.717) is 5.56 Å². The molecule has 0 amide bonds. The Kier molecular flexibility index (Phi) is 2.90. The molecule has 0 saturated heterocycles. The minimum atomic E-state index is -0.576. The highest BCUT2D eigenvalue weighted by Crippen LogP contribution is 2.25. The number of hydrogen-bond acceptors (Lipinski definition) is 4. The smallest absolute Gasteiger partial charge is 0.258 e. The van der Waals surface area contributed by atoms with Crippen molar-refractivity contribution in [3.05, 3.63) is 54.1 Å². The number of nitrogen functional groups attached to an aromatic ring is 1. The summed E-state index contributed by atoms with van der Waals surface area (Å²) < 4.78 is 32.0. The quantitative estimate of drug-likeness (QED) is 0.728. The molecule has 0 aliphatic heterocycles. The summed E-state index contributed by atoms with van der Waals surface area (Å²) in [6.07, 6.45) is 0. The van der Waals surface area contributed by atoms with Crippen LogP contribution in [0.4, 0.5) is 14.5 Å². The number of aromatic nitrogens is 2. The van der Waals surface area contributed by atoms with Crippen molar-refractivity contribution in [3.63, 3.8) is 0 Å². The largest absolute Gasteiger partial charge is 0.396 e. The van der Waals surface area contributed by atoms with Crippen LogP contribution in [0.15, 0.2) is 47.0 Å².